The van der Waals surface area contributed by atoms with Gasteiger partial charge in [0.1, 0.15) is 0 Å². The molecule has 0 saturated heterocycles. The van der Waals surface area contributed by atoms with E-state index in [9.17, 15) is 4.79 Å². The molecular weight excluding hydrogens is 292 g/mol. The van der Waals surface area contributed by atoms with E-state index < -0.39 is 5.91 Å². The van der Waals surface area contributed by atoms with Crippen LogP contribution in [0.15, 0.2) is 23.8 Å². The number of carbonyl (C=O) groups excluding carboxylic acids is 1. The fourth-order valence-corrected chi connectivity index (χ4v) is 1.94. The Labute approximate surface area is 130 Å². The maximum absolute atomic E-state index is 10.8. The van der Waals surface area contributed by atoms with E-state index in [2.05, 4.69) is 11.4 Å². The summed E-state index contributed by atoms with van der Waals surface area (Å²) in [5.41, 5.74) is 7.27. The molecule has 1 aromatic rings. The summed E-state index contributed by atoms with van der Waals surface area (Å²) in [6.07, 6.45) is 2.10. The zero-order valence-corrected chi connectivity index (χ0v) is 13.3. The summed E-state index contributed by atoms with van der Waals surface area (Å²) < 4.78 is 10.5. The maximum Gasteiger partial charge on any atom is 0.255 e. The highest BCUT2D eigenvalue weighted by atomic mass is 35.5. The molecule has 0 atom stereocenters. The van der Waals surface area contributed by atoms with Crippen molar-refractivity contribution < 1.29 is 14.3 Å². The van der Waals surface area contributed by atoms with Crippen LogP contribution in [0.25, 0.3) is 0 Å². The van der Waals surface area contributed by atoms with Crippen LogP contribution in [0.5, 0.6) is 11.5 Å². The summed E-state index contributed by atoms with van der Waals surface area (Å²) in [7, 11) is 1.52. The number of carbonyl (C=O) groups is 1. The van der Waals surface area contributed by atoms with Crippen molar-refractivity contribution in [2.75, 3.05) is 20.3 Å². The fourth-order valence-electron chi connectivity index (χ4n) is 1.65. The second-order valence-electron chi connectivity index (χ2n) is 4.78. The van der Waals surface area contributed by atoms with Crippen molar-refractivity contribution in [3.05, 3.63) is 34.4 Å². The summed E-state index contributed by atoms with van der Waals surface area (Å²) in [5, 5.41) is 3.66. The molecule has 0 radical (unpaired) electrons. The largest absolute Gasteiger partial charge is 0.493 e. The Bertz CT molecular complexity index is 526. The van der Waals surface area contributed by atoms with Gasteiger partial charge in [-0.25, -0.2) is 0 Å². The summed E-state index contributed by atoms with van der Waals surface area (Å²) in [5.74, 6) is 0.231. The second-order valence-corrected chi connectivity index (χ2v) is 5.18. The van der Waals surface area contributed by atoms with Gasteiger partial charge in [-0.2, -0.15) is 0 Å². The first-order valence-electron chi connectivity index (χ1n) is 6.55. The standard InChI is InChI=1S/C15H21ClN2O3/c1-10(2)4-5-18-8-11-6-12(16)15(13(7-11)20-3)21-9-14(17)19/h4,6-7,18H,5,8-9H2,1-3H3,(H2,17,19). The molecule has 0 aromatic heterocycles. The zero-order valence-electron chi connectivity index (χ0n) is 12.5. The predicted molar refractivity (Wildman–Crippen MR) is 83.8 cm³/mol. The Hall–Kier alpha value is -1.72. The number of rotatable bonds is 8. The van der Waals surface area contributed by atoms with Gasteiger partial charge < -0.3 is 20.5 Å². The maximum atomic E-state index is 10.8. The van der Waals surface area contributed by atoms with Crippen molar-refractivity contribution in [3.8, 4) is 11.5 Å². The number of primary amides is 1. The van der Waals surface area contributed by atoms with Crippen molar-refractivity contribution >= 4 is 17.5 Å². The number of allylic oxidation sites excluding steroid dienone is 1. The van der Waals surface area contributed by atoms with E-state index in [4.69, 9.17) is 26.8 Å². The van der Waals surface area contributed by atoms with Crippen LogP contribution in [-0.2, 0) is 11.3 Å². The molecule has 6 heteroatoms. The number of nitrogens with one attached hydrogen (secondary N) is 1. The number of benzene rings is 1. The van der Waals surface area contributed by atoms with E-state index in [0.717, 1.165) is 12.1 Å². The molecule has 3 N–H and O–H groups in total. The molecule has 21 heavy (non-hydrogen) atoms. The number of hydrogen-bond acceptors (Lipinski definition) is 4. The van der Waals surface area contributed by atoms with Gasteiger partial charge in [0.25, 0.3) is 5.91 Å². The van der Waals surface area contributed by atoms with Crippen molar-refractivity contribution in [2.24, 2.45) is 5.73 Å². The Balaban J connectivity index is 2.78. The quantitative estimate of drug-likeness (QED) is 0.570. The van der Waals surface area contributed by atoms with Crippen LogP contribution in [0.2, 0.25) is 5.02 Å². The van der Waals surface area contributed by atoms with E-state index in [1.807, 2.05) is 19.9 Å². The minimum Gasteiger partial charge on any atom is -0.493 e. The molecule has 0 aliphatic carbocycles. The topological polar surface area (TPSA) is 73.6 Å². The molecule has 0 unspecified atom stereocenters. The van der Waals surface area contributed by atoms with Gasteiger partial charge in [-0.1, -0.05) is 23.3 Å². The van der Waals surface area contributed by atoms with Crippen LogP contribution < -0.4 is 20.5 Å². The average molecular weight is 313 g/mol. The molecule has 0 heterocycles. The lowest BCUT2D eigenvalue weighted by Gasteiger charge is -2.13. The minimum atomic E-state index is -0.569. The molecule has 0 spiro atoms. The fraction of sp³-hybridized carbons (Fsp3) is 0.400. The molecular formula is C15H21ClN2O3. The lowest BCUT2D eigenvalue weighted by atomic mass is 10.2. The van der Waals surface area contributed by atoms with Crippen LogP contribution in [0.4, 0.5) is 0 Å². The highest BCUT2D eigenvalue weighted by Gasteiger charge is 2.12. The molecule has 1 rings (SSSR count). The third-order valence-electron chi connectivity index (χ3n) is 2.63. The number of nitrogens with two attached hydrogens (primary N) is 1. The Morgan fingerprint density at radius 3 is 2.71 bits per heavy atom. The summed E-state index contributed by atoms with van der Waals surface area (Å²) in [6.45, 7) is 5.28. The molecule has 5 nitrogen and oxygen atoms in total. The van der Waals surface area contributed by atoms with E-state index in [0.29, 0.717) is 23.1 Å². The van der Waals surface area contributed by atoms with Crippen LogP contribution in [-0.4, -0.2) is 26.2 Å². The third kappa shape index (κ3) is 6.06. The summed E-state index contributed by atoms with van der Waals surface area (Å²) in [6, 6.07) is 3.59. The van der Waals surface area contributed by atoms with Gasteiger partial charge in [0.15, 0.2) is 18.1 Å². The molecule has 1 amide bonds. The van der Waals surface area contributed by atoms with Gasteiger partial charge in [-0.05, 0) is 31.5 Å². The van der Waals surface area contributed by atoms with Crippen molar-refractivity contribution in [1.29, 1.82) is 0 Å². The molecule has 116 valence electrons. The number of ether oxygens (including phenoxy) is 2. The SMILES string of the molecule is COc1cc(CNCC=C(C)C)cc(Cl)c1OCC(N)=O. The number of halogens is 1. The summed E-state index contributed by atoms with van der Waals surface area (Å²) in [4.78, 5) is 10.8. The molecule has 0 bridgehead atoms. The average Bonchev–Trinajstić information content (AvgIpc) is 2.41. The molecule has 0 fully saturated rings. The first-order valence-corrected chi connectivity index (χ1v) is 6.93. The van der Waals surface area contributed by atoms with Crippen molar-refractivity contribution in [3.63, 3.8) is 0 Å². The first kappa shape index (κ1) is 17.3. The minimum absolute atomic E-state index is 0.242. The van der Waals surface area contributed by atoms with E-state index >= 15 is 0 Å². The van der Waals surface area contributed by atoms with Gasteiger partial charge in [0.05, 0.1) is 12.1 Å². The summed E-state index contributed by atoms with van der Waals surface area (Å²) >= 11 is 6.16. The predicted octanol–water partition coefficient (Wildman–Crippen LogP) is 2.27. The first-order chi connectivity index (χ1) is 9.93. The monoisotopic (exact) mass is 312 g/mol. The van der Waals surface area contributed by atoms with Crippen LogP contribution >= 0.6 is 11.6 Å². The lowest BCUT2D eigenvalue weighted by molar-refractivity contribution is -0.119. The van der Waals surface area contributed by atoms with Crippen LogP contribution in [0.3, 0.4) is 0 Å². The number of hydrogen-bond donors (Lipinski definition) is 2. The highest BCUT2D eigenvalue weighted by molar-refractivity contribution is 6.32. The lowest BCUT2D eigenvalue weighted by Crippen LogP contribution is -2.20. The van der Waals surface area contributed by atoms with Gasteiger partial charge in [-0.15, -0.1) is 0 Å². The highest BCUT2D eigenvalue weighted by Crippen LogP contribution is 2.36. The molecule has 0 saturated carbocycles. The Morgan fingerprint density at radius 1 is 1.43 bits per heavy atom. The van der Waals surface area contributed by atoms with Gasteiger partial charge in [0, 0.05) is 13.1 Å². The zero-order chi connectivity index (χ0) is 15.8. The molecule has 0 aliphatic heterocycles. The van der Waals surface area contributed by atoms with Crippen LogP contribution in [0.1, 0.15) is 19.4 Å². The van der Waals surface area contributed by atoms with Crippen LogP contribution in [0, 0.1) is 0 Å². The van der Waals surface area contributed by atoms with Gasteiger partial charge in [-0.3, -0.25) is 4.79 Å². The third-order valence-corrected chi connectivity index (χ3v) is 2.91. The number of amides is 1. The van der Waals surface area contributed by atoms with Gasteiger partial charge >= 0.3 is 0 Å². The van der Waals surface area contributed by atoms with E-state index in [-0.39, 0.29) is 6.61 Å². The smallest absolute Gasteiger partial charge is 0.255 e. The van der Waals surface area contributed by atoms with E-state index in [1.54, 1.807) is 6.07 Å². The van der Waals surface area contributed by atoms with Crippen molar-refractivity contribution in [2.45, 2.75) is 20.4 Å². The molecule has 0 aliphatic rings. The molecule has 1 aromatic carbocycles. The second kappa shape index (κ2) is 8.54. The Morgan fingerprint density at radius 2 is 2.14 bits per heavy atom. The van der Waals surface area contributed by atoms with Crippen molar-refractivity contribution in [1.82, 2.24) is 5.32 Å². The van der Waals surface area contributed by atoms with Gasteiger partial charge in [0.2, 0.25) is 0 Å². The van der Waals surface area contributed by atoms with E-state index in [1.165, 1.54) is 12.7 Å². The normalized spacial score (nSPS) is 10.1. The Kier molecular flexibility index (Phi) is 7.05. The number of methoxy groups -OCH3 is 1.